The summed E-state index contributed by atoms with van der Waals surface area (Å²) in [5.74, 6) is 0. The average molecular weight is 310 g/mol. The van der Waals surface area contributed by atoms with Crippen LogP contribution in [0.15, 0.2) is 23.1 Å². The lowest BCUT2D eigenvalue weighted by Crippen LogP contribution is -2.42. The van der Waals surface area contributed by atoms with Crippen molar-refractivity contribution < 1.29 is 8.42 Å². The van der Waals surface area contributed by atoms with E-state index in [4.69, 9.17) is 18.0 Å². The van der Waals surface area contributed by atoms with Crippen LogP contribution in [0.4, 0.5) is 0 Å². The van der Waals surface area contributed by atoms with E-state index >= 15 is 0 Å². The van der Waals surface area contributed by atoms with Gasteiger partial charge in [0, 0.05) is 6.54 Å². The fourth-order valence-corrected chi connectivity index (χ4v) is 5.19. The fourth-order valence-electron chi connectivity index (χ4n) is 3.16. The van der Waals surface area contributed by atoms with Crippen molar-refractivity contribution in [2.24, 2.45) is 5.73 Å². The van der Waals surface area contributed by atoms with Crippen molar-refractivity contribution in [2.45, 2.75) is 43.0 Å². The van der Waals surface area contributed by atoms with Crippen LogP contribution in [0.25, 0.3) is 0 Å². The lowest BCUT2D eigenvalue weighted by molar-refractivity contribution is 0.446. The lowest BCUT2D eigenvalue weighted by atomic mass is 10.1. The number of hydrogen-bond donors (Lipinski definition) is 1. The van der Waals surface area contributed by atoms with E-state index in [1.54, 1.807) is 6.07 Å². The van der Waals surface area contributed by atoms with Gasteiger partial charge in [-0.25, -0.2) is 8.42 Å². The maximum atomic E-state index is 12.8. The van der Waals surface area contributed by atoms with Crippen molar-refractivity contribution in [3.63, 3.8) is 0 Å². The van der Waals surface area contributed by atoms with Crippen LogP contribution in [0.2, 0.25) is 0 Å². The molecular formula is C14H18N2O2S2. The van der Waals surface area contributed by atoms with Crippen LogP contribution in [0, 0.1) is 0 Å². The molecule has 0 bridgehead atoms. The second kappa shape index (κ2) is 5.09. The van der Waals surface area contributed by atoms with E-state index in [0.29, 0.717) is 11.4 Å². The van der Waals surface area contributed by atoms with Gasteiger partial charge in [-0.05, 0) is 55.4 Å². The van der Waals surface area contributed by atoms with E-state index in [0.717, 1.165) is 37.7 Å². The van der Waals surface area contributed by atoms with Crippen LogP contribution in [0.5, 0.6) is 0 Å². The minimum atomic E-state index is -3.49. The second-order valence-electron chi connectivity index (χ2n) is 5.46. The summed E-state index contributed by atoms with van der Waals surface area (Å²) in [5.41, 5.74) is 8.12. The highest BCUT2D eigenvalue weighted by molar-refractivity contribution is 7.89. The van der Waals surface area contributed by atoms with Crippen LogP contribution >= 0.6 is 12.2 Å². The molecule has 0 amide bonds. The first-order valence-electron chi connectivity index (χ1n) is 6.93. The third-order valence-corrected chi connectivity index (χ3v) is 6.38. The van der Waals surface area contributed by atoms with Crippen LogP contribution in [0.1, 0.15) is 30.4 Å². The van der Waals surface area contributed by atoms with Gasteiger partial charge >= 0.3 is 0 Å². The van der Waals surface area contributed by atoms with E-state index in [2.05, 4.69) is 0 Å². The number of fused-ring (bicyclic) bond motifs is 1. The smallest absolute Gasteiger partial charge is 0.243 e. The summed E-state index contributed by atoms with van der Waals surface area (Å²) in [7, 11) is -3.49. The van der Waals surface area contributed by atoms with Gasteiger partial charge < -0.3 is 5.73 Å². The molecule has 1 atom stereocenters. The Balaban J connectivity index is 1.97. The molecule has 20 heavy (non-hydrogen) atoms. The number of sulfonamides is 1. The number of rotatable bonds is 3. The van der Waals surface area contributed by atoms with Gasteiger partial charge in [0.25, 0.3) is 0 Å². The molecule has 0 saturated carbocycles. The highest BCUT2D eigenvalue weighted by atomic mass is 32.2. The molecule has 2 aliphatic rings. The molecule has 2 N–H and O–H groups in total. The topological polar surface area (TPSA) is 63.4 Å². The zero-order valence-electron chi connectivity index (χ0n) is 11.2. The first-order valence-corrected chi connectivity index (χ1v) is 8.78. The van der Waals surface area contributed by atoms with E-state index in [1.807, 2.05) is 12.1 Å². The summed E-state index contributed by atoms with van der Waals surface area (Å²) in [4.78, 5) is 0.647. The lowest BCUT2D eigenvalue weighted by Gasteiger charge is -2.23. The number of benzene rings is 1. The zero-order valence-corrected chi connectivity index (χ0v) is 12.8. The number of nitrogens with zero attached hydrogens (tertiary/aromatic N) is 1. The molecule has 1 unspecified atom stereocenters. The monoisotopic (exact) mass is 310 g/mol. The molecular weight excluding hydrogens is 292 g/mol. The standard InChI is InChI=1S/C14H18N2O2S2/c15-14(19)13-5-2-8-16(13)20(17,18)12-7-6-10-3-1-4-11(10)9-12/h6-7,9,13H,1-5,8H2,(H2,15,19). The predicted molar refractivity (Wildman–Crippen MR) is 82.2 cm³/mol. The number of aryl methyl sites for hydroxylation is 2. The van der Waals surface area contributed by atoms with Gasteiger partial charge in [-0.15, -0.1) is 0 Å². The Labute approximate surface area is 125 Å². The Morgan fingerprint density at radius 1 is 1.25 bits per heavy atom. The first-order chi connectivity index (χ1) is 9.50. The molecule has 4 nitrogen and oxygen atoms in total. The fraction of sp³-hybridized carbons (Fsp3) is 0.500. The maximum absolute atomic E-state index is 12.8. The summed E-state index contributed by atoms with van der Waals surface area (Å²) in [5, 5.41) is 0. The van der Waals surface area contributed by atoms with Gasteiger partial charge in [-0.1, -0.05) is 18.3 Å². The van der Waals surface area contributed by atoms with Crippen LogP contribution in [-0.2, 0) is 22.9 Å². The van der Waals surface area contributed by atoms with Crippen molar-refractivity contribution in [3.8, 4) is 0 Å². The Morgan fingerprint density at radius 2 is 2.00 bits per heavy atom. The predicted octanol–water partition coefficient (Wildman–Crippen LogP) is 1.61. The minimum Gasteiger partial charge on any atom is -0.392 e. The largest absolute Gasteiger partial charge is 0.392 e. The van der Waals surface area contributed by atoms with Crippen molar-refractivity contribution >= 4 is 27.2 Å². The Bertz CT molecular complexity index is 655. The summed E-state index contributed by atoms with van der Waals surface area (Å²) >= 11 is 5.00. The molecule has 108 valence electrons. The van der Waals surface area contributed by atoms with Gasteiger partial charge in [0.15, 0.2) is 0 Å². The normalized spacial score (nSPS) is 22.9. The van der Waals surface area contributed by atoms with Gasteiger partial charge in [0.05, 0.1) is 15.9 Å². The third-order valence-electron chi connectivity index (χ3n) is 4.21. The van der Waals surface area contributed by atoms with Gasteiger partial charge in [0.2, 0.25) is 10.0 Å². The van der Waals surface area contributed by atoms with Crippen molar-refractivity contribution in [3.05, 3.63) is 29.3 Å². The quantitative estimate of drug-likeness (QED) is 0.862. The van der Waals surface area contributed by atoms with E-state index in [9.17, 15) is 8.42 Å². The minimum absolute atomic E-state index is 0.271. The Kier molecular flexibility index (Phi) is 3.56. The summed E-state index contributed by atoms with van der Waals surface area (Å²) < 4.78 is 27.0. The molecule has 3 rings (SSSR count). The molecule has 6 heteroatoms. The summed E-state index contributed by atoms with van der Waals surface area (Å²) in [6.45, 7) is 0.501. The molecule has 1 fully saturated rings. The molecule has 1 aliphatic heterocycles. The summed E-state index contributed by atoms with van der Waals surface area (Å²) in [6, 6.07) is 5.16. The zero-order chi connectivity index (χ0) is 14.3. The highest BCUT2D eigenvalue weighted by Crippen LogP contribution is 2.30. The third kappa shape index (κ3) is 2.25. The Morgan fingerprint density at radius 3 is 2.75 bits per heavy atom. The second-order valence-corrected chi connectivity index (χ2v) is 7.82. The SMILES string of the molecule is NC(=S)C1CCCN1S(=O)(=O)c1ccc2c(c1)CCC2. The van der Waals surface area contributed by atoms with Gasteiger partial charge in [0.1, 0.15) is 0 Å². The van der Waals surface area contributed by atoms with E-state index < -0.39 is 10.0 Å². The average Bonchev–Trinajstić information content (AvgIpc) is 3.06. The van der Waals surface area contributed by atoms with Crippen molar-refractivity contribution in [2.75, 3.05) is 6.54 Å². The van der Waals surface area contributed by atoms with Crippen LogP contribution in [0.3, 0.4) is 0 Å². The van der Waals surface area contributed by atoms with Gasteiger partial charge in [-0.3, -0.25) is 0 Å². The molecule has 0 spiro atoms. The molecule has 1 aliphatic carbocycles. The Hall–Kier alpha value is -0.980. The highest BCUT2D eigenvalue weighted by Gasteiger charge is 2.37. The maximum Gasteiger partial charge on any atom is 0.243 e. The van der Waals surface area contributed by atoms with Crippen molar-refractivity contribution in [1.82, 2.24) is 4.31 Å². The van der Waals surface area contributed by atoms with Crippen LogP contribution < -0.4 is 5.73 Å². The molecule has 1 aromatic carbocycles. The molecule has 1 aromatic rings. The molecule has 0 radical (unpaired) electrons. The summed E-state index contributed by atoms with van der Waals surface area (Å²) in [6.07, 6.45) is 4.66. The molecule has 1 heterocycles. The molecule has 1 saturated heterocycles. The number of thiocarbonyl (C=S) groups is 1. The van der Waals surface area contributed by atoms with Crippen molar-refractivity contribution in [1.29, 1.82) is 0 Å². The van der Waals surface area contributed by atoms with E-state index in [1.165, 1.54) is 9.87 Å². The van der Waals surface area contributed by atoms with E-state index in [-0.39, 0.29) is 11.0 Å². The first kappa shape index (κ1) is 14.0. The molecule has 0 aromatic heterocycles. The van der Waals surface area contributed by atoms with Gasteiger partial charge in [-0.2, -0.15) is 4.31 Å². The van der Waals surface area contributed by atoms with Crippen LogP contribution in [-0.4, -0.2) is 30.3 Å². The number of hydrogen-bond acceptors (Lipinski definition) is 3. The number of nitrogens with two attached hydrogens (primary N) is 1.